The number of hydrogen-bond donors (Lipinski definition) is 4. The van der Waals surface area contributed by atoms with E-state index in [4.69, 9.17) is 5.11 Å². The Morgan fingerprint density at radius 1 is 1.29 bits per heavy atom. The molecule has 0 spiro atoms. The highest BCUT2D eigenvalue weighted by Crippen LogP contribution is 2.23. The molecular formula is C13H21NO3. The van der Waals surface area contributed by atoms with Crippen LogP contribution in [0.4, 0.5) is 0 Å². The number of benzene rings is 1. The van der Waals surface area contributed by atoms with Crippen LogP contribution in [-0.2, 0) is 6.61 Å². The van der Waals surface area contributed by atoms with E-state index in [1.165, 1.54) is 0 Å². The topological polar surface area (TPSA) is 72.7 Å². The third-order valence-corrected chi connectivity index (χ3v) is 2.89. The lowest BCUT2D eigenvalue weighted by molar-refractivity contribution is 0.0136. The van der Waals surface area contributed by atoms with Crippen molar-refractivity contribution in [3.8, 4) is 0 Å². The van der Waals surface area contributed by atoms with E-state index in [1.807, 2.05) is 13.0 Å². The fraction of sp³-hybridized carbons (Fsp3) is 0.538. The monoisotopic (exact) mass is 239 g/mol. The van der Waals surface area contributed by atoms with E-state index < -0.39 is 12.2 Å². The van der Waals surface area contributed by atoms with Crippen molar-refractivity contribution in [2.45, 2.75) is 32.2 Å². The Morgan fingerprint density at radius 3 is 2.53 bits per heavy atom. The summed E-state index contributed by atoms with van der Waals surface area (Å²) in [7, 11) is 1.81. The molecule has 1 rings (SSSR count). The molecule has 0 aliphatic heterocycles. The maximum atomic E-state index is 10.0. The lowest BCUT2D eigenvalue weighted by atomic mass is 9.96. The molecular weight excluding hydrogens is 218 g/mol. The van der Waals surface area contributed by atoms with Crippen molar-refractivity contribution in [3.05, 3.63) is 34.9 Å². The van der Waals surface area contributed by atoms with Gasteiger partial charge in [0.25, 0.3) is 0 Å². The van der Waals surface area contributed by atoms with Gasteiger partial charge in [-0.15, -0.1) is 0 Å². The first-order chi connectivity index (χ1) is 8.10. The summed E-state index contributed by atoms with van der Waals surface area (Å²) in [5, 5.41) is 31.8. The second-order valence-corrected chi connectivity index (χ2v) is 4.25. The van der Waals surface area contributed by atoms with E-state index in [1.54, 1.807) is 19.2 Å². The number of rotatable bonds is 6. The molecule has 0 amide bonds. The summed E-state index contributed by atoms with van der Waals surface area (Å²) < 4.78 is 0. The molecule has 0 aliphatic rings. The van der Waals surface area contributed by atoms with Crippen molar-refractivity contribution in [3.63, 3.8) is 0 Å². The van der Waals surface area contributed by atoms with Gasteiger partial charge in [-0.2, -0.15) is 0 Å². The van der Waals surface area contributed by atoms with E-state index in [0.29, 0.717) is 18.5 Å². The Balaban J connectivity index is 2.77. The molecule has 0 fully saturated rings. The molecule has 4 N–H and O–H groups in total. The van der Waals surface area contributed by atoms with E-state index in [-0.39, 0.29) is 6.61 Å². The third-order valence-electron chi connectivity index (χ3n) is 2.89. The quantitative estimate of drug-likeness (QED) is 0.583. The van der Waals surface area contributed by atoms with Crippen molar-refractivity contribution in [2.75, 3.05) is 13.6 Å². The average Bonchev–Trinajstić information content (AvgIpc) is 2.34. The summed E-state index contributed by atoms with van der Waals surface area (Å²) in [5.41, 5.74) is 2.40. The van der Waals surface area contributed by atoms with Gasteiger partial charge in [0.1, 0.15) is 6.10 Å². The van der Waals surface area contributed by atoms with Gasteiger partial charge in [0.2, 0.25) is 0 Å². The van der Waals surface area contributed by atoms with E-state index in [2.05, 4.69) is 5.32 Å². The van der Waals surface area contributed by atoms with Gasteiger partial charge in [-0.05, 0) is 43.6 Å². The Morgan fingerprint density at radius 2 is 2.00 bits per heavy atom. The molecule has 1 aromatic carbocycles. The normalized spacial score (nSPS) is 14.6. The van der Waals surface area contributed by atoms with E-state index in [0.717, 1.165) is 11.1 Å². The summed E-state index contributed by atoms with van der Waals surface area (Å²) in [5.74, 6) is 0. The summed E-state index contributed by atoms with van der Waals surface area (Å²) in [6.45, 7) is 2.51. The lowest BCUT2D eigenvalue weighted by Gasteiger charge is -2.20. The van der Waals surface area contributed by atoms with Crippen LogP contribution in [0.3, 0.4) is 0 Å². The van der Waals surface area contributed by atoms with Crippen molar-refractivity contribution >= 4 is 0 Å². The van der Waals surface area contributed by atoms with Crippen LogP contribution in [0, 0.1) is 6.92 Å². The van der Waals surface area contributed by atoms with Gasteiger partial charge in [0, 0.05) is 0 Å². The summed E-state index contributed by atoms with van der Waals surface area (Å²) in [6.07, 6.45) is -1.16. The van der Waals surface area contributed by atoms with Crippen molar-refractivity contribution in [2.24, 2.45) is 0 Å². The van der Waals surface area contributed by atoms with Crippen molar-refractivity contribution in [1.29, 1.82) is 0 Å². The van der Waals surface area contributed by atoms with Gasteiger partial charge in [-0.1, -0.05) is 18.2 Å². The van der Waals surface area contributed by atoms with Crippen molar-refractivity contribution in [1.82, 2.24) is 5.32 Å². The largest absolute Gasteiger partial charge is 0.392 e. The zero-order chi connectivity index (χ0) is 12.8. The number of aryl methyl sites for hydroxylation is 1. The molecule has 0 saturated carbocycles. The van der Waals surface area contributed by atoms with Gasteiger partial charge in [0.15, 0.2) is 0 Å². The maximum Gasteiger partial charge on any atom is 0.105 e. The van der Waals surface area contributed by atoms with Gasteiger partial charge in [0.05, 0.1) is 12.7 Å². The predicted octanol–water partition coefficient (Wildman–Crippen LogP) is 0.491. The number of hydrogen-bond acceptors (Lipinski definition) is 4. The second-order valence-electron chi connectivity index (χ2n) is 4.25. The molecule has 0 radical (unpaired) electrons. The van der Waals surface area contributed by atoms with Crippen LogP contribution in [-0.4, -0.2) is 35.0 Å². The van der Waals surface area contributed by atoms with Crippen molar-refractivity contribution < 1.29 is 15.3 Å². The SMILES string of the molecule is CNCCC(O)C(O)c1ccc(CO)cc1C. The van der Waals surface area contributed by atoms with Gasteiger partial charge in [-0.25, -0.2) is 0 Å². The highest BCUT2D eigenvalue weighted by atomic mass is 16.3. The fourth-order valence-electron chi connectivity index (χ4n) is 1.83. The molecule has 1 aromatic rings. The number of aliphatic hydroxyl groups is 3. The first kappa shape index (κ1) is 14.1. The molecule has 4 heteroatoms. The Kier molecular flexibility index (Phi) is 5.58. The van der Waals surface area contributed by atoms with Crippen LogP contribution in [0.5, 0.6) is 0 Å². The van der Waals surface area contributed by atoms with Gasteiger partial charge < -0.3 is 20.6 Å². The third kappa shape index (κ3) is 3.78. The lowest BCUT2D eigenvalue weighted by Crippen LogP contribution is -2.23. The minimum Gasteiger partial charge on any atom is -0.392 e. The van der Waals surface area contributed by atoms with Crippen LogP contribution in [0.2, 0.25) is 0 Å². The molecule has 4 nitrogen and oxygen atoms in total. The smallest absolute Gasteiger partial charge is 0.105 e. The molecule has 0 aromatic heterocycles. The molecule has 0 saturated heterocycles. The molecule has 2 atom stereocenters. The molecule has 0 heterocycles. The Bertz CT molecular complexity index is 355. The zero-order valence-corrected chi connectivity index (χ0v) is 10.3. The van der Waals surface area contributed by atoms with Gasteiger partial charge in [-0.3, -0.25) is 0 Å². The van der Waals surface area contributed by atoms with Gasteiger partial charge >= 0.3 is 0 Å². The second kappa shape index (κ2) is 6.71. The van der Waals surface area contributed by atoms with Crippen LogP contribution < -0.4 is 5.32 Å². The first-order valence-corrected chi connectivity index (χ1v) is 5.81. The van der Waals surface area contributed by atoms with Crippen LogP contribution in [0.15, 0.2) is 18.2 Å². The van der Waals surface area contributed by atoms with Crippen LogP contribution >= 0.6 is 0 Å². The summed E-state index contributed by atoms with van der Waals surface area (Å²) in [6, 6.07) is 5.34. The average molecular weight is 239 g/mol. The highest BCUT2D eigenvalue weighted by molar-refractivity contribution is 5.32. The summed E-state index contributed by atoms with van der Waals surface area (Å²) >= 11 is 0. The molecule has 96 valence electrons. The standard InChI is InChI=1S/C13H21NO3/c1-9-7-10(8-15)3-4-11(9)13(17)12(16)5-6-14-2/h3-4,7,12-17H,5-6,8H2,1-2H3. The number of nitrogens with one attached hydrogen (secondary N) is 1. The predicted molar refractivity (Wildman–Crippen MR) is 66.6 cm³/mol. The summed E-state index contributed by atoms with van der Waals surface area (Å²) in [4.78, 5) is 0. The molecule has 2 unspecified atom stereocenters. The Labute approximate surface area is 102 Å². The maximum absolute atomic E-state index is 10.0. The molecule has 17 heavy (non-hydrogen) atoms. The van der Waals surface area contributed by atoms with E-state index >= 15 is 0 Å². The van der Waals surface area contributed by atoms with Crippen LogP contribution in [0.25, 0.3) is 0 Å². The fourth-order valence-corrected chi connectivity index (χ4v) is 1.83. The zero-order valence-electron chi connectivity index (χ0n) is 10.3. The number of aliphatic hydroxyl groups excluding tert-OH is 3. The first-order valence-electron chi connectivity index (χ1n) is 5.81. The van der Waals surface area contributed by atoms with E-state index in [9.17, 15) is 10.2 Å². The highest BCUT2D eigenvalue weighted by Gasteiger charge is 2.19. The minimum atomic E-state index is -0.879. The van der Waals surface area contributed by atoms with Crippen LogP contribution in [0.1, 0.15) is 29.2 Å². The molecule has 0 bridgehead atoms. The molecule has 0 aliphatic carbocycles. The minimum absolute atomic E-state index is 0.0144. The Hall–Kier alpha value is -0.940.